The molecule has 4 aromatic carbocycles. The van der Waals surface area contributed by atoms with Crippen molar-refractivity contribution in [2.24, 2.45) is 5.10 Å². The Morgan fingerprint density at radius 2 is 1.40 bits per heavy atom. The van der Waals surface area contributed by atoms with Gasteiger partial charge in [0.15, 0.2) is 5.82 Å². The summed E-state index contributed by atoms with van der Waals surface area (Å²) in [7, 11) is -3.97. The highest BCUT2D eigenvalue weighted by Gasteiger charge is 2.17. The van der Waals surface area contributed by atoms with Gasteiger partial charge in [-0.05, 0) is 54.1 Å². The first-order chi connectivity index (χ1) is 17.0. The van der Waals surface area contributed by atoms with E-state index < -0.39 is 10.1 Å². The van der Waals surface area contributed by atoms with Crippen LogP contribution >= 0.6 is 0 Å². The maximum Gasteiger partial charge on any atom is 0.339 e. The average Bonchev–Trinajstić information content (AvgIpc) is 2.89. The van der Waals surface area contributed by atoms with E-state index in [1.165, 1.54) is 28.9 Å². The van der Waals surface area contributed by atoms with Crippen molar-refractivity contribution in [1.29, 1.82) is 0 Å². The molecule has 7 nitrogen and oxygen atoms in total. The van der Waals surface area contributed by atoms with Gasteiger partial charge in [-0.3, -0.25) is 4.79 Å². The molecule has 0 N–H and O–H groups in total. The Morgan fingerprint density at radius 3 is 2.11 bits per heavy atom. The van der Waals surface area contributed by atoms with E-state index in [0.29, 0.717) is 22.3 Å². The first-order valence-electron chi connectivity index (χ1n) is 10.7. The summed E-state index contributed by atoms with van der Waals surface area (Å²) in [4.78, 5) is 18.0. The van der Waals surface area contributed by atoms with Gasteiger partial charge in [-0.15, -0.1) is 0 Å². The Morgan fingerprint density at radius 1 is 0.771 bits per heavy atom. The highest BCUT2D eigenvalue weighted by atomic mass is 32.2. The molecule has 0 fully saturated rings. The van der Waals surface area contributed by atoms with E-state index in [-0.39, 0.29) is 16.2 Å². The van der Waals surface area contributed by atoms with E-state index >= 15 is 0 Å². The monoisotopic (exact) mass is 481 g/mol. The minimum Gasteiger partial charge on any atom is -0.379 e. The molecule has 5 rings (SSSR count). The Labute approximate surface area is 201 Å². The Balaban J connectivity index is 1.55. The molecule has 1 aromatic heterocycles. The summed E-state index contributed by atoms with van der Waals surface area (Å²) in [5, 5.41) is 4.85. The standard InChI is InChI=1S/C27H19N3O4S/c31-27-24-13-7-8-14-25(24)29-26(30(27)28-19-20-9-3-1-4-10-20)21-15-17-22(18-16-21)34-35(32,33)23-11-5-2-6-12-23/h1-19H/b28-19+. The van der Waals surface area contributed by atoms with Gasteiger partial charge >= 0.3 is 10.1 Å². The van der Waals surface area contributed by atoms with Crippen molar-refractivity contribution in [3.8, 4) is 17.1 Å². The third kappa shape index (κ3) is 4.73. The van der Waals surface area contributed by atoms with Gasteiger partial charge in [0.25, 0.3) is 5.56 Å². The van der Waals surface area contributed by atoms with Crippen molar-refractivity contribution in [2.45, 2.75) is 4.90 Å². The fourth-order valence-electron chi connectivity index (χ4n) is 3.50. The second kappa shape index (κ2) is 9.36. The topological polar surface area (TPSA) is 90.6 Å². The number of rotatable bonds is 6. The van der Waals surface area contributed by atoms with Crippen LogP contribution in [0.2, 0.25) is 0 Å². The molecule has 5 aromatic rings. The quantitative estimate of drug-likeness (QED) is 0.259. The molecule has 35 heavy (non-hydrogen) atoms. The van der Waals surface area contributed by atoms with E-state index in [2.05, 4.69) is 10.1 Å². The summed E-state index contributed by atoms with van der Waals surface area (Å²) in [5.41, 5.74) is 1.62. The zero-order valence-electron chi connectivity index (χ0n) is 18.4. The summed E-state index contributed by atoms with van der Waals surface area (Å²) in [6.07, 6.45) is 1.59. The second-order valence-electron chi connectivity index (χ2n) is 7.60. The Bertz CT molecular complexity index is 1680. The molecule has 0 aliphatic rings. The lowest BCUT2D eigenvalue weighted by Crippen LogP contribution is -2.20. The second-order valence-corrected chi connectivity index (χ2v) is 9.15. The minimum absolute atomic E-state index is 0.0596. The van der Waals surface area contributed by atoms with Gasteiger partial charge in [0, 0.05) is 5.56 Å². The van der Waals surface area contributed by atoms with Gasteiger partial charge in [-0.25, -0.2) is 4.98 Å². The average molecular weight is 482 g/mol. The van der Waals surface area contributed by atoms with E-state index in [0.717, 1.165) is 5.56 Å². The fourth-order valence-corrected chi connectivity index (χ4v) is 4.45. The molecule has 0 unspecified atom stereocenters. The van der Waals surface area contributed by atoms with Gasteiger partial charge in [0.05, 0.1) is 17.1 Å². The van der Waals surface area contributed by atoms with E-state index in [1.807, 2.05) is 36.4 Å². The first-order valence-corrected chi connectivity index (χ1v) is 12.1. The number of aromatic nitrogens is 2. The van der Waals surface area contributed by atoms with Crippen LogP contribution in [0, 0.1) is 0 Å². The van der Waals surface area contributed by atoms with Crippen LogP contribution in [-0.2, 0) is 10.1 Å². The normalized spacial score (nSPS) is 11.7. The lowest BCUT2D eigenvalue weighted by Gasteiger charge is -2.11. The molecular formula is C27H19N3O4S. The predicted molar refractivity (Wildman–Crippen MR) is 135 cm³/mol. The molecule has 8 heteroatoms. The van der Waals surface area contributed by atoms with E-state index in [9.17, 15) is 13.2 Å². The van der Waals surface area contributed by atoms with Crippen molar-refractivity contribution in [3.63, 3.8) is 0 Å². The molecule has 0 aliphatic carbocycles. The van der Waals surface area contributed by atoms with Gasteiger partial charge in [-0.1, -0.05) is 60.7 Å². The highest BCUT2D eigenvalue weighted by Crippen LogP contribution is 2.24. The van der Waals surface area contributed by atoms with Gasteiger partial charge in [0.1, 0.15) is 10.6 Å². The first kappa shape index (κ1) is 22.2. The van der Waals surface area contributed by atoms with Crippen LogP contribution in [0.4, 0.5) is 0 Å². The summed E-state index contributed by atoms with van der Waals surface area (Å²) in [6.45, 7) is 0. The summed E-state index contributed by atoms with van der Waals surface area (Å²) >= 11 is 0. The molecule has 0 saturated carbocycles. The van der Waals surface area contributed by atoms with Crippen molar-refractivity contribution in [1.82, 2.24) is 9.66 Å². The molecule has 0 amide bonds. The smallest absolute Gasteiger partial charge is 0.339 e. The number of benzene rings is 4. The van der Waals surface area contributed by atoms with Crippen LogP contribution in [0.5, 0.6) is 5.75 Å². The number of hydrogen-bond acceptors (Lipinski definition) is 6. The molecular weight excluding hydrogens is 462 g/mol. The molecule has 0 bridgehead atoms. The van der Waals surface area contributed by atoms with E-state index in [4.69, 9.17) is 4.18 Å². The molecule has 172 valence electrons. The lowest BCUT2D eigenvalue weighted by molar-refractivity contribution is 0.486. The number of fused-ring (bicyclic) bond motifs is 1. The van der Waals surface area contributed by atoms with Crippen LogP contribution in [0.25, 0.3) is 22.3 Å². The number of para-hydroxylation sites is 1. The highest BCUT2D eigenvalue weighted by molar-refractivity contribution is 7.87. The van der Waals surface area contributed by atoms with Gasteiger partial charge < -0.3 is 4.18 Å². The third-order valence-electron chi connectivity index (χ3n) is 5.23. The Kier molecular flexibility index (Phi) is 5.95. The van der Waals surface area contributed by atoms with Crippen molar-refractivity contribution in [3.05, 3.63) is 125 Å². The third-order valence-corrected chi connectivity index (χ3v) is 6.49. The zero-order chi connectivity index (χ0) is 24.3. The van der Waals surface area contributed by atoms with Gasteiger partial charge in [-0.2, -0.15) is 18.2 Å². The minimum atomic E-state index is -3.97. The summed E-state index contributed by atoms with van der Waals surface area (Å²) in [6, 6.07) is 30.7. The molecule has 0 radical (unpaired) electrons. The van der Waals surface area contributed by atoms with Crippen molar-refractivity contribution >= 4 is 27.2 Å². The maximum atomic E-state index is 13.3. The van der Waals surface area contributed by atoms with Crippen molar-refractivity contribution in [2.75, 3.05) is 0 Å². The van der Waals surface area contributed by atoms with Gasteiger partial charge in [0.2, 0.25) is 0 Å². The van der Waals surface area contributed by atoms with Crippen LogP contribution in [-0.4, -0.2) is 24.3 Å². The van der Waals surface area contributed by atoms with E-state index in [1.54, 1.807) is 54.7 Å². The lowest BCUT2D eigenvalue weighted by atomic mass is 10.2. The predicted octanol–water partition coefficient (Wildman–Crippen LogP) is 4.71. The molecule has 0 saturated heterocycles. The molecule has 0 atom stereocenters. The van der Waals surface area contributed by atoms with Crippen LogP contribution < -0.4 is 9.74 Å². The largest absolute Gasteiger partial charge is 0.379 e. The van der Waals surface area contributed by atoms with Crippen LogP contribution in [0.15, 0.2) is 124 Å². The number of hydrogen-bond donors (Lipinski definition) is 0. The zero-order valence-corrected chi connectivity index (χ0v) is 19.2. The Hall–Kier alpha value is -4.56. The van der Waals surface area contributed by atoms with Crippen molar-refractivity contribution < 1.29 is 12.6 Å². The van der Waals surface area contributed by atoms with Crippen LogP contribution in [0.3, 0.4) is 0 Å². The summed E-state index contributed by atoms with van der Waals surface area (Å²) < 4.78 is 31.5. The molecule has 1 heterocycles. The SMILES string of the molecule is O=c1c2ccccc2nc(-c2ccc(OS(=O)(=O)c3ccccc3)cc2)n1/N=C/c1ccccc1. The molecule has 0 spiro atoms. The molecule has 0 aliphatic heterocycles. The maximum absolute atomic E-state index is 13.3. The number of nitrogens with zero attached hydrogens (tertiary/aromatic N) is 3. The van der Waals surface area contributed by atoms with Crippen LogP contribution in [0.1, 0.15) is 5.56 Å². The summed E-state index contributed by atoms with van der Waals surface area (Å²) in [5.74, 6) is 0.457. The fraction of sp³-hybridized carbons (Fsp3) is 0.